The number of ketones is 2. The van der Waals surface area contributed by atoms with Gasteiger partial charge in [-0.3, -0.25) is 14.4 Å². The summed E-state index contributed by atoms with van der Waals surface area (Å²) in [4.78, 5) is 46.9. The number of aliphatic hydroxyl groups is 1. The van der Waals surface area contributed by atoms with E-state index in [9.17, 15) is 23.9 Å². The molecule has 7 rings (SSSR count). The van der Waals surface area contributed by atoms with Gasteiger partial charge in [0.05, 0.1) is 6.61 Å². The van der Waals surface area contributed by atoms with Crippen LogP contribution in [0.25, 0.3) is 10.9 Å². The Labute approximate surface area is 248 Å². The third-order valence-electron chi connectivity index (χ3n) is 9.21. The number of carbonyl (C=O) groups is 2. The van der Waals surface area contributed by atoms with E-state index in [1.54, 1.807) is 6.07 Å². The van der Waals surface area contributed by atoms with Crippen LogP contribution in [-0.4, -0.2) is 39.7 Å². The SMILES string of the molecule is O=C1CC(c2ccccc2)CC2=C1C(c1cc3cc(F)ccc3[nH]c1=O)C1=C(CC(c3ccccc3)CC1=O)N2CCO. The zero-order valence-electron chi connectivity index (χ0n) is 23.6. The molecular formula is C36H31FN2O4. The Balaban J connectivity index is 1.45. The van der Waals surface area contributed by atoms with Gasteiger partial charge in [0.15, 0.2) is 11.6 Å². The lowest BCUT2D eigenvalue weighted by molar-refractivity contribution is -0.117. The van der Waals surface area contributed by atoms with Crippen LogP contribution in [0.2, 0.25) is 0 Å². The lowest BCUT2D eigenvalue weighted by Crippen LogP contribution is -2.43. The number of aromatic nitrogens is 1. The molecule has 4 aromatic rings. The third-order valence-corrected chi connectivity index (χ3v) is 9.21. The number of rotatable bonds is 5. The lowest BCUT2D eigenvalue weighted by atomic mass is 9.67. The maximum absolute atomic E-state index is 14.3. The van der Waals surface area contributed by atoms with Crippen LogP contribution in [0.5, 0.6) is 0 Å². The Hall–Kier alpha value is -4.62. The lowest BCUT2D eigenvalue weighted by Gasteiger charge is -2.46. The number of pyridine rings is 1. The largest absolute Gasteiger partial charge is 0.395 e. The highest BCUT2D eigenvalue weighted by atomic mass is 19.1. The molecule has 2 N–H and O–H groups in total. The van der Waals surface area contributed by atoms with Crippen molar-refractivity contribution >= 4 is 22.5 Å². The van der Waals surface area contributed by atoms with E-state index >= 15 is 0 Å². The summed E-state index contributed by atoms with van der Waals surface area (Å²) in [6.07, 6.45) is 1.55. The minimum atomic E-state index is -0.871. The summed E-state index contributed by atoms with van der Waals surface area (Å²) in [5.41, 5.74) is 4.81. The minimum absolute atomic E-state index is 0.0790. The van der Waals surface area contributed by atoms with Crippen LogP contribution in [0.3, 0.4) is 0 Å². The summed E-state index contributed by atoms with van der Waals surface area (Å²) < 4.78 is 14.3. The van der Waals surface area contributed by atoms with Gasteiger partial charge in [-0.2, -0.15) is 0 Å². The number of nitrogens with zero attached hydrogens (tertiary/aromatic N) is 1. The van der Waals surface area contributed by atoms with E-state index in [0.717, 1.165) is 22.5 Å². The highest BCUT2D eigenvalue weighted by Gasteiger charge is 2.47. The molecule has 0 saturated heterocycles. The number of nitrogens with one attached hydrogen (secondary N) is 1. The highest BCUT2D eigenvalue weighted by Crippen LogP contribution is 2.52. The molecule has 2 heterocycles. The maximum Gasteiger partial charge on any atom is 0.252 e. The van der Waals surface area contributed by atoms with Crippen LogP contribution >= 0.6 is 0 Å². The molecular weight excluding hydrogens is 543 g/mol. The van der Waals surface area contributed by atoms with Crippen LogP contribution in [-0.2, 0) is 9.59 Å². The second-order valence-electron chi connectivity index (χ2n) is 11.7. The van der Waals surface area contributed by atoms with Gasteiger partial charge in [0, 0.05) is 64.3 Å². The molecule has 0 spiro atoms. The van der Waals surface area contributed by atoms with Crippen LogP contribution in [0.1, 0.15) is 60.1 Å². The Kier molecular flexibility index (Phi) is 6.90. The molecule has 3 aliphatic rings. The highest BCUT2D eigenvalue weighted by molar-refractivity contribution is 6.07. The van der Waals surface area contributed by atoms with E-state index in [-0.39, 0.29) is 55.0 Å². The van der Waals surface area contributed by atoms with Gasteiger partial charge in [-0.15, -0.1) is 0 Å². The van der Waals surface area contributed by atoms with E-state index in [4.69, 9.17) is 0 Å². The van der Waals surface area contributed by atoms with Gasteiger partial charge >= 0.3 is 0 Å². The quantitative estimate of drug-likeness (QED) is 0.312. The first-order chi connectivity index (χ1) is 20.9. The molecule has 1 aromatic heterocycles. The van der Waals surface area contributed by atoms with Crippen molar-refractivity contribution in [3.05, 3.63) is 140 Å². The molecule has 0 radical (unpaired) electrons. The van der Waals surface area contributed by atoms with Crippen LogP contribution < -0.4 is 5.56 Å². The number of carbonyl (C=O) groups excluding carboxylic acids is 2. The second-order valence-corrected chi connectivity index (χ2v) is 11.7. The molecule has 216 valence electrons. The standard InChI is InChI=1S/C36H31FN2O4/c37-26-11-12-28-25(15-26)16-27(36(43)38-28)33-34-29(17-23(19-31(34)41)21-7-3-1-4-8-21)39(13-14-40)30-18-24(20-32(42)35(30)33)22-9-5-2-6-10-22/h1-12,15-16,23-24,33,40H,13-14,17-20H2,(H,38,43). The number of hydrogen-bond acceptors (Lipinski definition) is 5. The number of benzene rings is 3. The van der Waals surface area contributed by atoms with Crippen LogP contribution in [0, 0.1) is 5.82 Å². The van der Waals surface area contributed by atoms with E-state index in [2.05, 4.69) is 4.98 Å². The summed E-state index contributed by atoms with van der Waals surface area (Å²) >= 11 is 0. The first-order valence-corrected chi connectivity index (χ1v) is 14.8. The molecule has 0 saturated carbocycles. The van der Waals surface area contributed by atoms with Gasteiger partial charge in [-0.05, 0) is 60.1 Å². The van der Waals surface area contributed by atoms with Crippen molar-refractivity contribution in [3.8, 4) is 0 Å². The second kappa shape index (κ2) is 10.9. The number of allylic oxidation sites excluding steroid dienone is 4. The topological polar surface area (TPSA) is 90.5 Å². The summed E-state index contributed by atoms with van der Waals surface area (Å²) in [6, 6.07) is 25.6. The number of Topliss-reactive ketones (excluding diaryl/α,β-unsaturated/α-hetero) is 2. The number of aromatic amines is 1. The van der Waals surface area contributed by atoms with Gasteiger partial charge in [0.2, 0.25) is 0 Å². The molecule has 0 amide bonds. The summed E-state index contributed by atoms with van der Waals surface area (Å²) in [6.45, 7) is 0.0652. The van der Waals surface area contributed by atoms with E-state index in [1.807, 2.05) is 65.6 Å². The number of hydrogen-bond donors (Lipinski definition) is 2. The Morgan fingerprint density at radius 1 is 0.744 bits per heavy atom. The third kappa shape index (κ3) is 4.74. The minimum Gasteiger partial charge on any atom is -0.395 e. The molecule has 43 heavy (non-hydrogen) atoms. The van der Waals surface area contributed by atoms with Gasteiger partial charge in [-0.25, -0.2) is 4.39 Å². The number of H-pyrrole nitrogens is 1. The molecule has 1 aliphatic heterocycles. The van der Waals surface area contributed by atoms with Gasteiger partial charge in [0.25, 0.3) is 5.56 Å². The van der Waals surface area contributed by atoms with Gasteiger partial charge in [-0.1, -0.05) is 60.7 Å². The van der Waals surface area contributed by atoms with E-state index in [1.165, 1.54) is 18.2 Å². The zero-order chi connectivity index (χ0) is 29.7. The van der Waals surface area contributed by atoms with E-state index in [0.29, 0.717) is 34.9 Å². The molecule has 7 heteroatoms. The number of halogens is 1. The average Bonchev–Trinajstić information content (AvgIpc) is 3.02. The monoisotopic (exact) mass is 574 g/mol. The zero-order valence-corrected chi connectivity index (χ0v) is 23.6. The average molecular weight is 575 g/mol. The fraction of sp³-hybridized carbons (Fsp3) is 0.250. The van der Waals surface area contributed by atoms with Gasteiger partial charge < -0.3 is 15.0 Å². The van der Waals surface area contributed by atoms with Crippen molar-refractivity contribution in [2.24, 2.45) is 0 Å². The van der Waals surface area contributed by atoms with Crippen LogP contribution in [0.15, 0.2) is 112 Å². The predicted molar refractivity (Wildman–Crippen MR) is 162 cm³/mol. The molecule has 3 aromatic carbocycles. The Morgan fingerprint density at radius 2 is 1.30 bits per heavy atom. The first kappa shape index (κ1) is 27.2. The molecule has 0 fully saturated rings. The van der Waals surface area contributed by atoms with Crippen molar-refractivity contribution in [1.82, 2.24) is 9.88 Å². The van der Waals surface area contributed by atoms with Crippen molar-refractivity contribution in [3.63, 3.8) is 0 Å². The van der Waals surface area contributed by atoms with Crippen LogP contribution in [0.4, 0.5) is 4.39 Å². The van der Waals surface area contributed by atoms with Crippen molar-refractivity contribution < 1.29 is 19.1 Å². The summed E-state index contributed by atoms with van der Waals surface area (Å²) in [7, 11) is 0. The smallest absolute Gasteiger partial charge is 0.252 e. The number of fused-ring (bicyclic) bond motifs is 1. The van der Waals surface area contributed by atoms with Gasteiger partial charge in [0.1, 0.15) is 5.82 Å². The molecule has 0 bridgehead atoms. The maximum atomic E-state index is 14.3. The van der Waals surface area contributed by atoms with E-state index < -0.39 is 17.3 Å². The van der Waals surface area contributed by atoms with Crippen molar-refractivity contribution in [2.45, 2.75) is 43.4 Å². The normalized spacial score (nSPS) is 22.2. The fourth-order valence-corrected chi connectivity index (χ4v) is 7.31. The summed E-state index contributed by atoms with van der Waals surface area (Å²) in [5.74, 6) is -1.71. The molecule has 2 unspecified atom stereocenters. The van der Waals surface area contributed by atoms with Crippen molar-refractivity contribution in [1.29, 1.82) is 0 Å². The first-order valence-electron chi connectivity index (χ1n) is 14.8. The number of β-amino-alcohol motifs (C(OH)–C–C–N with tert-alkyl or cyclic N) is 1. The molecule has 6 nitrogen and oxygen atoms in total. The predicted octanol–water partition coefficient (Wildman–Crippen LogP) is 5.86. The molecule has 2 aliphatic carbocycles. The van der Waals surface area contributed by atoms with Crippen molar-refractivity contribution in [2.75, 3.05) is 13.2 Å². The fourth-order valence-electron chi connectivity index (χ4n) is 7.31. The number of aliphatic hydroxyl groups excluding tert-OH is 1. The Morgan fingerprint density at radius 3 is 1.84 bits per heavy atom. The Bertz CT molecular complexity index is 1790. The summed E-state index contributed by atoms with van der Waals surface area (Å²) in [5, 5.41) is 10.7. The molecule has 2 atom stereocenters.